The lowest BCUT2D eigenvalue weighted by molar-refractivity contribution is -0.113. The second-order valence-electron chi connectivity index (χ2n) is 8.53. The number of nitrogens with zero attached hydrogens (tertiary/aromatic N) is 4. The number of ether oxygens (including phenoxy) is 1. The standard InChI is InChI=1S/C25H26ClN5O2S2/c1-4-9-31-22(13-33-20-10-15(2)6-8-19(20)26)29-30-25(31)34-14-23(32)28-24-18(12-27)17-7-5-16(3)11-21(17)35-24/h4,6,8,10,16H,1,5,7,9,11,13-14H2,2-3H3,(H,28,32). The third-order valence-corrected chi connectivity index (χ3v) is 8.21. The van der Waals surface area contributed by atoms with E-state index in [0.29, 0.717) is 44.8 Å². The lowest BCUT2D eigenvalue weighted by Gasteiger charge is -2.17. The summed E-state index contributed by atoms with van der Waals surface area (Å²) in [4.78, 5) is 14.0. The van der Waals surface area contributed by atoms with Gasteiger partial charge in [-0.25, -0.2) is 0 Å². The van der Waals surface area contributed by atoms with Crippen molar-refractivity contribution in [1.29, 1.82) is 5.26 Å². The molecule has 0 spiro atoms. The number of aromatic nitrogens is 3. The minimum atomic E-state index is -0.185. The number of thioether (sulfide) groups is 1. The molecule has 2 heterocycles. The normalized spacial score (nSPS) is 14.7. The van der Waals surface area contributed by atoms with Crippen LogP contribution >= 0.6 is 34.7 Å². The largest absolute Gasteiger partial charge is 0.484 e. The molecule has 0 aliphatic heterocycles. The van der Waals surface area contributed by atoms with Gasteiger partial charge in [-0.2, -0.15) is 5.26 Å². The lowest BCUT2D eigenvalue weighted by atomic mass is 9.89. The predicted molar refractivity (Wildman–Crippen MR) is 140 cm³/mol. The molecule has 0 bridgehead atoms. The summed E-state index contributed by atoms with van der Waals surface area (Å²) in [6.07, 6.45) is 4.67. The third-order valence-electron chi connectivity index (χ3n) is 5.76. The summed E-state index contributed by atoms with van der Waals surface area (Å²) in [5.41, 5.74) is 2.75. The first kappa shape index (κ1) is 25.3. The summed E-state index contributed by atoms with van der Waals surface area (Å²) in [7, 11) is 0. The van der Waals surface area contributed by atoms with Gasteiger partial charge >= 0.3 is 0 Å². The minimum absolute atomic E-state index is 0.143. The molecule has 1 amide bonds. The van der Waals surface area contributed by atoms with Crippen molar-refractivity contribution in [3.05, 3.63) is 63.3 Å². The van der Waals surface area contributed by atoms with Crippen LogP contribution in [0.15, 0.2) is 36.0 Å². The van der Waals surface area contributed by atoms with E-state index in [9.17, 15) is 10.1 Å². The van der Waals surface area contributed by atoms with E-state index in [-0.39, 0.29) is 18.3 Å². The number of allylic oxidation sites excluding steroid dienone is 1. The van der Waals surface area contributed by atoms with Gasteiger partial charge in [-0.1, -0.05) is 42.4 Å². The Bertz CT molecular complexity index is 1290. The highest BCUT2D eigenvalue weighted by atomic mass is 35.5. The van der Waals surface area contributed by atoms with E-state index in [4.69, 9.17) is 16.3 Å². The second-order valence-corrected chi connectivity index (χ2v) is 11.0. The molecule has 35 heavy (non-hydrogen) atoms. The minimum Gasteiger partial charge on any atom is -0.484 e. The molecular weight excluding hydrogens is 502 g/mol. The summed E-state index contributed by atoms with van der Waals surface area (Å²) in [6, 6.07) is 7.87. The maximum atomic E-state index is 12.7. The van der Waals surface area contributed by atoms with Crippen molar-refractivity contribution in [3.63, 3.8) is 0 Å². The van der Waals surface area contributed by atoms with Gasteiger partial charge in [0.25, 0.3) is 0 Å². The van der Waals surface area contributed by atoms with Crippen LogP contribution in [0.1, 0.15) is 40.7 Å². The first-order valence-corrected chi connectivity index (χ1v) is 13.5. The van der Waals surface area contributed by atoms with Crippen molar-refractivity contribution < 1.29 is 9.53 Å². The van der Waals surface area contributed by atoms with Gasteiger partial charge in [0.1, 0.15) is 23.4 Å². The number of carbonyl (C=O) groups is 1. The Morgan fingerprint density at radius 1 is 1.49 bits per heavy atom. The average molecular weight is 528 g/mol. The van der Waals surface area contributed by atoms with Crippen LogP contribution in [0.4, 0.5) is 5.00 Å². The van der Waals surface area contributed by atoms with Gasteiger partial charge in [-0.3, -0.25) is 9.36 Å². The van der Waals surface area contributed by atoms with Crippen molar-refractivity contribution in [2.45, 2.75) is 51.4 Å². The molecule has 0 saturated heterocycles. The van der Waals surface area contributed by atoms with Gasteiger partial charge in [0, 0.05) is 11.4 Å². The van der Waals surface area contributed by atoms with E-state index in [0.717, 1.165) is 30.4 Å². The topological polar surface area (TPSA) is 92.8 Å². The molecule has 0 saturated carbocycles. The smallest absolute Gasteiger partial charge is 0.235 e. The van der Waals surface area contributed by atoms with Gasteiger partial charge in [-0.05, 0) is 55.4 Å². The molecule has 1 unspecified atom stereocenters. The first-order valence-electron chi connectivity index (χ1n) is 11.3. The number of hydrogen-bond acceptors (Lipinski definition) is 7. The van der Waals surface area contributed by atoms with E-state index in [1.165, 1.54) is 28.0 Å². The monoisotopic (exact) mass is 527 g/mol. The third kappa shape index (κ3) is 5.89. The van der Waals surface area contributed by atoms with Gasteiger partial charge in [-0.15, -0.1) is 28.1 Å². The van der Waals surface area contributed by atoms with Crippen molar-refractivity contribution in [1.82, 2.24) is 14.8 Å². The summed E-state index contributed by atoms with van der Waals surface area (Å²) < 4.78 is 7.74. The van der Waals surface area contributed by atoms with Crippen LogP contribution in [0.5, 0.6) is 5.75 Å². The number of aryl methyl sites for hydroxylation is 1. The summed E-state index contributed by atoms with van der Waals surface area (Å²) in [6.45, 7) is 8.66. The highest BCUT2D eigenvalue weighted by molar-refractivity contribution is 7.99. The van der Waals surface area contributed by atoms with Crippen LogP contribution in [0.3, 0.4) is 0 Å². The molecule has 4 rings (SSSR count). The van der Waals surface area contributed by atoms with E-state index in [1.807, 2.05) is 23.6 Å². The Hall–Kier alpha value is -2.80. The number of hydrogen-bond donors (Lipinski definition) is 1. The number of carbonyl (C=O) groups excluding carboxylic acids is 1. The number of nitrogens with one attached hydrogen (secondary N) is 1. The molecule has 7 nitrogen and oxygen atoms in total. The number of amides is 1. The zero-order valence-corrected chi connectivity index (χ0v) is 22.0. The number of halogens is 1. The second kappa shape index (κ2) is 11.3. The highest BCUT2D eigenvalue weighted by Crippen LogP contribution is 2.39. The molecule has 1 atom stereocenters. The zero-order valence-electron chi connectivity index (χ0n) is 19.6. The highest BCUT2D eigenvalue weighted by Gasteiger charge is 2.25. The van der Waals surface area contributed by atoms with Crippen LogP contribution in [-0.2, 0) is 30.8 Å². The maximum absolute atomic E-state index is 12.7. The average Bonchev–Trinajstić information content (AvgIpc) is 3.37. The van der Waals surface area contributed by atoms with Gasteiger partial charge in [0.15, 0.2) is 11.0 Å². The fourth-order valence-electron chi connectivity index (χ4n) is 3.96. The number of anilines is 1. The van der Waals surface area contributed by atoms with Gasteiger partial charge in [0.2, 0.25) is 5.91 Å². The van der Waals surface area contributed by atoms with Crippen LogP contribution < -0.4 is 10.1 Å². The number of rotatable bonds is 9. The molecule has 1 N–H and O–H groups in total. The molecular formula is C25H26ClN5O2S2. The molecule has 3 aromatic rings. The van der Waals surface area contributed by atoms with Crippen molar-refractivity contribution in [3.8, 4) is 11.8 Å². The Morgan fingerprint density at radius 3 is 3.09 bits per heavy atom. The van der Waals surface area contributed by atoms with Crippen LogP contribution in [0, 0.1) is 24.2 Å². The Balaban J connectivity index is 1.41. The molecule has 0 radical (unpaired) electrons. The van der Waals surface area contributed by atoms with Crippen molar-refractivity contribution in [2.24, 2.45) is 5.92 Å². The van der Waals surface area contributed by atoms with Crippen molar-refractivity contribution in [2.75, 3.05) is 11.1 Å². The van der Waals surface area contributed by atoms with Gasteiger partial charge < -0.3 is 10.1 Å². The van der Waals surface area contributed by atoms with Crippen molar-refractivity contribution >= 4 is 45.6 Å². The Labute approximate surface area is 218 Å². The number of benzene rings is 1. The zero-order chi connectivity index (χ0) is 24.9. The summed E-state index contributed by atoms with van der Waals surface area (Å²) in [5, 5.41) is 22.9. The van der Waals surface area contributed by atoms with E-state index < -0.39 is 0 Å². The molecule has 1 aliphatic rings. The quantitative estimate of drug-likeness (QED) is 0.279. The molecule has 182 valence electrons. The SMILES string of the molecule is C=CCn1c(COc2cc(C)ccc2Cl)nnc1SCC(=O)Nc1sc2c(c1C#N)CCC(C)C2. The number of fused-ring (bicyclic) bond motifs is 1. The molecule has 1 aromatic carbocycles. The molecule has 0 fully saturated rings. The lowest BCUT2D eigenvalue weighted by Crippen LogP contribution is -2.15. The number of thiophene rings is 1. The number of nitriles is 1. The maximum Gasteiger partial charge on any atom is 0.235 e. The van der Waals surface area contributed by atoms with E-state index >= 15 is 0 Å². The fraction of sp³-hybridized carbons (Fsp3) is 0.360. The molecule has 10 heteroatoms. The Kier molecular flexibility index (Phi) is 8.16. The van der Waals surface area contributed by atoms with E-state index in [1.54, 1.807) is 12.1 Å². The predicted octanol–water partition coefficient (Wildman–Crippen LogP) is 5.79. The summed E-state index contributed by atoms with van der Waals surface area (Å²) >= 11 is 9.04. The summed E-state index contributed by atoms with van der Waals surface area (Å²) in [5.74, 6) is 1.75. The van der Waals surface area contributed by atoms with Crippen LogP contribution in [-0.4, -0.2) is 26.4 Å². The molecule has 1 aliphatic carbocycles. The van der Waals surface area contributed by atoms with Gasteiger partial charge in [0.05, 0.1) is 16.3 Å². The van der Waals surface area contributed by atoms with Crippen LogP contribution in [0.2, 0.25) is 5.02 Å². The Morgan fingerprint density at radius 2 is 2.31 bits per heavy atom. The first-order chi connectivity index (χ1) is 16.9. The van der Waals surface area contributed by atoms with E-state index in [2.05, 4.69) is 35.1 Å². The van der Waals surface area contributed by atoms with Crippen LogP contribution in [0.25, 0.3) is 0 Å². The molecule has 2 aromatic heterocycles. The fourth-order valence-corrected chi connectivity index (χ4v) is 6.27.